The highest BCUT2D eigenvalue weighted by atomic mass is 35.5. The lowest BCUT2D eigenvalue weighted by atomic mass is 9.88. The van der Waals surface area contributed by atoms with E-state index in [-0.39, 0.29) is 16.3 Å². The number of aromatic carboxylic acids is 1. The minimum atomic E-state index is -1.10. The molecule has 0 aliphatic heterocycles. The molecule has 0 bridgehead atoms. The fraction of sp³-hybridized carbons (Fsp3) is 0.364. The molecule has 2 rings (SSSR count). The molecule has 0 saturated carbocycles. The molecular weight excluding hydrogens is 216 g/mol. The Morgan fingerprint density at radius 2 is 2.00 bits per heavy atom. The standard InChI is InChI=1S/C11H11ClO3/c12-8-5-6-3-1-2-4-7(6)9(10(8)13)11(14)15/h5,13H,1-4H2,(H,14,15). The largest absolute Gasteiger partial charge is 0.505 e. The Morgan fingerprint density at radius 1 is 1.33 bits per heavy atom. The van der Waals surface area contributed by atoms with Crippen LogP contribution in [0.2, 0.25) is 5.02 Å². The van der Waals surface area contributed by atoms with Crippen molar-refractivity contribution >= 4 is 17.6 Å². The van der Waals surface area contributed by atoms with Gasteiger partial charge in [0.1, 0.15) is 11.3 Å². The van der Waals surface area contributed by atoms with E-state index in [1.165, 1.54) is 0 Å². The topological polar surface area (TPSA) is 57.5 Å². The number of carboxylic acids is 1. The van der Waals surface area contributed by atoms with Crippen molar-refractivity contribution in [2.75, 3.05) is 0 Å². The van der Waals surface area contributed by atoms with Gasteiger partial charge in [-0.15, -0.1) is 0 Å². The van der Waals surface area contributed by atoms with Gasteiger partial charge in [0, 0.05) is 0 Å². The Labute approximate surface area is 92.3 Å². The summed E-state index contributed by atoms with van der Waals surface area (Å²) in [4.78, 5) is 11.0. The predicted molar refractivity (Wildman–Crippen MR) is 56.7 cm³/mol. The summed E-state index contributed by atoms with van der Waals surface area (Å²) >= 11 is 5.78. The molecule has 0 spiro atoms. The highest BCUT2D eigenvalue weighted by Crippen LogP contribution is 2.36. The molecule has 0 fully saturated rings. The quantitative estimate of drug-likeness (QED) is 0.774. The first-order valence-electron chi connectivity index (χ1n) is 4.87. The van der Waals surface area contributed by atoms with Gasteiger partial charge in [-0.2, -0.15) is 0 Å². The molecule has 4 heteroatoms. The van der Waals surface area contributed by atoms with Crippen LogP contribution in [-0.4, -0.2) is 16.2 Å². The summed E-state index contributed by atoms with van der Waals surface area (Å²) < 4.78 is 0. The zero-order valence-corrected chi connectivity index (χ0v) is 8.84. The number of hydrogen-bond donors (Lipinski definition) is 2. The minimum absolute atomic E-state index is 0.0165. The maximum Gasteiger partial charge on any atom is 0.339 e. The molecule has 0 saturated heterocycles. The average Bonchev–Trinajstić information content (AvgIpc) is 2.19. The molecule has 3 nitrogen and oxygen atoms in total. The van der Waals surface area contributed by atoms with E-state index in [0.717, 1.165) is 30.4 Å². The average molecular weight is 227 g/mol. The number of hydrogen-bond acceptors (Lipinski definition) is 2. The molecule has 1 aliphatic rings. The number of halogens is 1. The van der Waals surface area contributed by atoms with Crippen LogP contribution in [0.25, 0.3) is 0 Å². The van der Waals surface area contributed by atoms with Crippen molar-refractivity contribution < 1.29 is 15.0 Å². The molecule has 0 radical (unpaired) electrons. The molecule has 2 N–H and O–H groups in total. The number of phenols is 1. The van der Waals surface area contributed by atoms with Gasteiger partial charge in [0.25, 0.3) is 0 Å². The summed E-state index contributed by atoms with van der Waals surface area (Å²) in [5, 5.41) is 18.8. The third-order valence-corrected chi connectivity index (χ3v) is 3.08. The Balaban J connectivity index is 2.68. The number of aromatic hydroxyl groups is 1. The lowest BCUT2D eigenvalue weighted by Crippen LogP contribution is -2.11. The minimum Gasteiger partial charge on any atom is -0.505 e. The SMILES string of the molecule is O=C(O)c1c(O)c(Cl)cc2c1CCCC2. The lowest BCUT2D eigenvalue weighted by Gasteiger charge is -2.19. The second-order valence-electron chi connectivity index (χ2n) is 3.73. The van der Waals surface area contributed by atoms with Gasteiger partial charge in [-0.25, -0.2) is 4.79 Å². The monoisotopic (exact) mass is 226 g/mol. The van der Waals surface area contributed by atoms with E-state index < -0.39 is 5.97 Å². The van der Waals surface area contributed by atoms with Crippen molar-refractivity contribution in [1.29, 1.82) is 0 Å². The molecule has 1 aromatic carbocycles. The molecule has 0 amide bonds. The summed E-state index contributed by atoms with van der Waals surface area (Å²) in [7, 11) is 0. The van der Waals surface area contributed by atoms with Gasteiger partial charge >= 0.3 is 5.97 Å². The Kier molecular flexibility index (Phi) is 2.57. The number of aryl methyl sites for hydroxylation is 1. The van der Waals surface area contributed by atoms with E-state index in [4.69, 9.17) is 16.7 Å². The van der Waals surface area contributed by atoms with Crippen molar-refractivity contribution in [2.24, 2.45) is 0 Å². The van der Waals surface area contributed by atoms with Crippen LogP contribution in [-0.2, 0) is 12.8 Å². The normalized spacial score (nSPS) is 14.7. The summed E-state index contributed by atoms with van der Waals surface area (Å²) in [5.74, 6) is -1.40. The Morgan fingerprint density at radius 3 is 2.67 bits per heavy atom. The molecule has 1 aromatic rings. The van der Waals surface area contributed by atoms with Gasteiger partial charge < -0.3 is 10.2 Å². The van der Waals surface area contributed by atoms with E-state index in [0.29, 0.717) is 6.42 Å². The smallest absolute Gasteiger partial charge is 0.339 e. The summed E-state index contributed by atoms with van der Waals surface area (Å²) in [6.07, 6.45) is 3.57. The van der Waals surface area contributed by atoms with Crippen LogP contribution in [0.15, 0.2) is 6.07 Å². The first-order chi connectivity index (χ1) is 7.11. The maximum atomic E-state index is 11.0. The Hall–Kier alpha value is -1.22. The second-order valence-corrected chi connectivity index (χ2v) is 4.14. The predicted octanol–water partition coefficient (Wildman–Crippen LogP) is 2.62. The first-order valence-corrected chi connectivity index (χ1v) is 5.25. The summed E-state index contributed by atoms with van der Waals surface area (Å²) in [5.41, 5.74) is 1.69. The van der Waals surface area contributed by atoms with E-state index in [2.05, 4.69) is 0 Å². The maximum absolute atomic E-state index is 11.0. The fourth-order valence-electron chi connectivity index (χ4n) is 2.09. The van der Waals surface area contributed by atoms with Gasteiger partial charge in [-0.3, -0.25) is 0 Å². The van der Waals surface area contributed by atoms with Crippen molar-refractivity contribution in [3.05, 3.63) is 27.8 Å². The number of fused-ring (bicyclic) bond motifs is 1. The van der Waals surface area contributed by atoms with Gasteiger partial charge in [0.05, 0.1) is 5.02 Å². The van der Waals surface area contributed by atoms with Crippen LogP contribution in [0.4, 0.5) is 0 Å². The highest BCUT2D eigenvalue weighted by molar-refractivity contribution is 6.32. The Bertz CT molecular complexity index is 426. The number of benzene rings is 1. The van der Waals surface area contributed by atoms with Gasteiger partial charge in [0.2, 0.25) is 0 Å². The summed E-state index contributed by atoms with van der Waals surface area (Å²) in [6.45, 7) is 0. The first kappa shape index (κ1) is 10.3. The molecule has 0 atom stereocenters. The molecule has 0 aromatic heterocycles. The lowest BCUT2D eigenvalue weighted by molar-refractivity contribution is 0.0692. The van der Waals surface area contributed by atoms with Crippen LogP contribution in [0.1, 0.15) is 34.3 Å². The second kappa shape index (κ2) is 3.74. The van der Waals surface area contributed by atoms with E-state index in [9.17, 15) is 9.90 Å². The van der Waals surface area contributed by atoms with Gasteiger partial charge in [-0.05, 0) is 42.9 Å². The van der Waals surface area contributed by atoms with E-state index in [1.54, 1.807) is 6.07 Å². The number of carbonyl (C=O) groups is 1. The molecule has 15 heavy (non-hydrogen) atoms. The molecular formula is C11H11ClO3. The van der Waals surface area contributed by atoms with Crippen LogP contribution >= 0.6 is 11.6 Å². The molecule has 0 unspecified atom stereocenters. The summed E-state index contributed by atoms with van der Waals surface area (Å²) in [6, 6.07) is 1.68. The number of carboxylic acid groups (broad SMARTS) is 1. The number of rotatable bonds is 1. The highest BCUT2D eigenvalue weighted by Gasteiger charge is 2.23. The molecule has 0 heterocycles. The van der Waals surface area contributed by atoms with Crippen molar-refractivity contribution in [1.82, 2.24) is 0 Å². The van der Waals surface area contributed by atoms with Crippen molar-refractivity contribution in [3.63, 3.8) is 0 Å². The van der Waals surface area contributed by atoms with Crippen LogP contribution in [0, 0.1) is 0 Å². The molecule has 1 aliphatic carbocycles. The van der Waals surface area contributed by atoms with E-state index in [1.807, 2.05) is 0 Å². The fourth-order valence-corrected chi connectivity index (χ4v) is 2.31. The van der Waals surface area contributed by atoms with Crippen LogP contribution < -0.4 is 0 Å². The third kappa shape index (κ3) is 1.67. The van der Waals surface area contributed by atoms with Crippen LogP contribution in [0.3, 0.4) is 0 Å². The van der Waals surface area contributed by atoms with Crippen LogP contribution in [0.5, 0.6) is 5.75 Å². The zero-order chi connectivity index (χ0) is 11.0. The zero-order valence-electron chi connectivity index (χ0n) is 8.09. The van der Waals surface area contributed by atoms with Crippen molar-refractivity contribution in [3.8, 4) is 5.75 Å². The van der Waals surface area contributed by atoms with Gasteiger partial charge in [0.15, 0.2) is 0 Å². The third-order valence-electron chi connectivity index (χ3n) is 2.79. The molecule has 80 valence electrons. The van der Waals surface area contributed by atoms with E-state index >= 15 is 0 Å². The van der Waals surface area contributed by atoms with Crippen molar-refractivity contribution in [2.45, 2.75) is 25.7 Å². The van der Waals surface area contributed by atoms with Gasteiger partial charge in [-0.1, -0.05) is 11.6 Å².